The second-order valence-corrected chi connectivity index (χ2v) is 7.94. The van der Waals surface area contributed by atoms with E-state index < -0.39 is 10.0 Å². The number of carbonyl (C=O) groups excluding carboxylic acids is 1. The summed E-state index contributed by atoms with van der Waals surface area (Å²) in [5.74, 6) is 0.196. The van der Waals surface area contributed by atoms with Crippen LogP contribution in [0.3, 0.4) is 0 Å². The van der Waals surface area contributed by atoms with Gasteiger partial charge in [-0.05, 0) is 48.5 Å². The third-order valence-electron chi connectivity index (χ3n) is 4.32. The maximum Gasteiger partial charge on any atom is 0.321 e. The number of anilines is 1. The number of piperazine rings is 1. The topological polar surface area (TPSA) is 79.0 Å². The first-order valence-electron chi connectivity index (χ1n) is 8.36. The van der Waals surface area contributed by atoms with Crippen molar-refractivity contribution in [2.24, 2.45) is 0 Å². The maximum absolute atomic E-state index is 12.9. The molecule has 27 heavy (non-hydrogen) atoms. The zero-order valence-electron chi connectivity index (χ0n) is 14.8. The largest absolute Gasteiger partial charge is 0.497 e. The van der Waals surface area contributed by atoms with Gasteiger partial charge in [0.05, 0.1) is 12.0 Å². The highest BCUT2D eigenvalue weighted by atomic mass is 32.2. The number of benzene rings is 2. The van der Waals surface area contributed by atoms with E-state index in [4.69, 9.17) is 4.74 Å². The van der Waals surface area contributed by atoms with Crippen molar-refractivity contribution in [2.45, 2.75) is 4.90 Å². The van der Waals surface area contributed by atoms with Crippen LogP contribution in [-0.2, 0) is 10.0 Å². The number of ether oxygens (including phenoxy) is 1. The molecule has 0 aromatic heterocycles. The molecule has 0 radical (unpaired) electrons. The summed E-state index contributed by atoms with van der Waals surface area (Å²) in [6.07, 6.45) is 0. The number of halogens is 1. The van der Waals surface area contributed by atoms with E-state index in [0.717, 1.165) is 0 Å². The number of nitrogens with one attached hydrogen (secondary N) is 1. The Morgan fingerprint density at radius 1 is 1.00 bits per heavy atom. The van der Waals surface area contributed by atoms with E-state index in [2.05, 4.69) is 5.32 Å². The van der Waals surface area contributed by atoms with Gasteiger partial charge in [-0.2, -0.15) is 4.31 Å². The number of hydrogen-bond acceptors (Lipinski definition) is 4. The average molecular weight is 393 g/mol. The first-order chi connectivity index (χ1) is 12.9. The molecule has 1 heterocycles. The van der Waals surface area contributed by atoms with E-state index in [1.165, 1.54) is 52.7 Å². The first-order valence-corrected chi connectivity index (χ1v) is 9.80. The van der Waals surface area contributed by atoms with Gasteiger partial charge in [-0.15, -0.1) is 0 Å². The average Bonchev–Trinajstić information content (AvgIpc) is 2.70. The second-order valence-electron chi connectivity index (χ2n) is 6.00. The van der Waals surface area contributed by atoms with Crippen molar-refractivity contribution in [1.29, 1.82) is 0 Å². The summed E-state index contributed by atoms with van der Waals surface area (Å²) in [6, 6.07) is 11.3. The number of hydrogen-bond donors (Lipinski definition) is 1. The summed E-state index contributed by atoms with van der Waals surface area (Å²) in [4.78, 5) is 14.0. The van der Waals surface area contributed by atoms with E-state index in [1.807, 2.05) is 0 Å². The van der Waals surface area contributed by atoms with Crippen LogP contribution in [0.5, 0.6) is 5.75 Å². The summed E-state index contributed by atoms with van der Waals surface area (Å²) < 4.78 is 44.8. The molecule has 0 bridgehead atoms. The number of rotatable bonds is 4. The molecule has 2 amide bonds. The molecule has 0 unspecified atom stereocenters. The predicted molar refractivity (Wildman–Crippen MR) is 98.7 cm³/mol. The summed E-state index contributed by atoms with van der Waals surface area (Å²) in [7, 11) is -2.11. The number of urea groups is 1. The fraction of sp³-hybridized carbons (Fsp3) is 0.278. The Kier molecular flexibility index (Phi) is 5.62. The molecule has 1 aliphatic heterocycles. The van der Waals surface area contributed by atoms with Gasteiger partial charge in [-0.3, -0.25) is 0 Å². The van der Waals surface area contributed by atoms with Gasteiger partial charge in [0.15, 0.2) is 0 Å². The van der Waals surface area contributed by atoms with Gasteiger partial charge < -0.3 is 15.0 Å². The molecule has 3 rings (SSSR count). The van der Waals surface area contributed by atoms with Gasteiger partial charge in [0.1, 0.15) is 11.6 Å². The quantitative estimate of drug-likeness (QED) is 0.865. The van der Waals surface area contributed by atoms with Gasteiger partial charge in [-0.1, -0.05) is 0 Å². The van der Waals surface area contributed by atoms with Gasteiger partial charge >= 0.3 is 6.03 Å². The highest BCUT2D eigenvalue weighted by Gasteiger charge is 2.30. The lowest BCUT2D eigenvalue weighted by atomic mass is 10.3. The lowest BCUT2D eigenvalue weighted by Crippen LogP contribution is -2.51. The molecule has 0 aliphatic carbocycles. The van der Waals surface area contributed by atoms with E-state index in [1.54, 1.807) is 12.1 Å². The Labute approximate surface area is 157 Å². The van der Waals surface area contributed by atoms with Gasteiger partial charge in [0, 0.05) is 31.9 Å². The summed E-state index contributed by atoms with van der Waals surface area (Å²) in [5.41, 5.74) is 0.481. The monoisotopic (exact) mass is 393 g/mol. The molecule has 2 aromatic carbocycles. The van der Waals surface area contributed by atoms with Crippen LogP contribution in [0.1, 0.15) is 0 Å². The summed E-state index contributed by atoms with van der Waals surface area (Å²) in [6.45, 7) is 0.932. The number of methoxy groups -OCH3 is 1. The Balaban J connectivity index is 1.60. The minimum atomic E-state index is -3.62. The third kappa shape index (κ3) is 4.37. The molecule has 0 atom stereocenters. The molecule has 1 N–H and O–H groups in total. The fourth-order valence-corrected chi connectivity index (χ4v) is 4.19. The molecular formula is C18H20FN3O4S. The van der Waals surface area contributed by atoms with E-state index in [-0.39, 0.29) is 42.9 Å². The molecule has 9 heteroatoms. The van der Waals surface area contributed by atoms with Crippen LogP contribution in [0.4, 0.5) is 14.9 Å². The van der Waals surface area contributed by atoms with Gasteiger partial charge in [0.2, 0.25) is 10.0 Å². The van der Waals surface area contributed by atoms with Crippen LogP contribution < -0.4 is 10.1 Å². The number of sulfonamides is 1. The minimum Gasteiger partial charge on any atom is -0.497 e. The number of nitrogens with zero attached hydrogens (tertiary/aromatic N) is 2. The van der Waals surface area contributed by atoms with Crippen molar-refractivity contribution >= 4 is 21.7 Å². The predicted octanol–water partition coefficient (Wildman–Crippen LogP) is 2.37. The van der Waals surface area contributed by atoms with Crippen molar-refractivity contribution in [3.63, 3.8) is 0 Å². The molecule has 1 aliphatic rings. The zero-order chi connectivity index (χ0) is 19.4. The van der Waals surface area contributed by atoms with Crippen LogP contribution in [0.15, 0.2) is 53.4 Å². The molecule has 7 nitrogen and oxygen atoms in total. The normalized spacial score (nSPS) is 15.4. The lowest BCUT2D eigenvalue weighted by molar-refractivity contribution is 0.184. The SMILES string of the molecule is COc1ccc(S(=O)(=O)N2CCN(C(=O)Nc3ccc(F)cc3)CC2)cc1. The standard InChI is InChI=1S/C18H20FN3O4S/c1-26-16-6-8-17(9-7-16)27(24,25)22-12-10-21(11-13-22)18(23)20-15-4-2-14(19)3-5-15/h2-9H,10-13H2,1H3,(H,20,23). The molecule has 1 saturated heterocycles. The lowest BCUT2D eigenvalue weighted by Gasteiger charge is -2.34. The van der Waals surface area contributed by atoms with Gasteiger partial charge in [0.25, 0.3) is 0 Å². The molecule has 0 saturated carbocycles. The molecule has 1 fully saturated rings. The Morgan fingerprint density at radius 3 is 2.15 bits per heavy atom. The summed E-state index contributed by atoms with van der Waals surface area (Å²) in [5, 5.41) is 2.68. The van der Waals surface area contributed by atoms with Crippen molar-refractivity contribution in [2.75, 3.05) is 38.6 Å². The van der Waals surface area contributed by atoms with Crippen molar-refractivity contribution < 1.29 is 22.3 Å². The van der Waals surface area contributed by atoms with E-state index in [9.17, 15) is 17.6 Å². The van der Waals surface area contributed by atoms with Crippen LogP contribution in [-0.4, -0.2) is 56.9 Å². The molecule has 2 aromatic rings. The molecule has 0 spiro atoms. The number of carbonyl (C=O) groups is 1. The van der Waals surface area contributed by atoms with Crippen molar-refractivity contribution in [3.8, 4) is 5.75 Å². The van der Waals surface area contributed by atoms with Crippen LogP contribution in [0.25, 0.3) is 0 Å². The molecule has 144 valence electrons. The Hall–Kier alpha value is -2.65. The van der Waals surface area contributed by atoms with Crippen LogP contribution >= 0.6 is 0 Å². The summed E-state index contributed by atoms with van der Waals surface area (Å²) >= 11 is 0. The molecular weight excluding hydrogens is 373 g/mol. The first kappa shape index (κ1) is 19.1. The third-order valence-corrected chi connectivity index (χ3v) is 6.23. The fourth-order valence-electron chi connectivity index (χ4n) is 2.76. The van der Waals surface area contributed by atoms with Crippen molar-refractivity contribution in [1.82, 2.24) is 9.21 Å². The Bertz CT molecular complexity index is 893. The minimum absolute atomic E-state index is 0.188. The van der Waals surface area contributed by atoms with Crippen LogP contribution in [0, 0.1) is 5.82 Å². The number of amides is 2. The smallest absolute Gasteiger partial charge is 0.321 e. The zero-order valence-corrected chi connectivity index (χ0v) is 15.6. The van der Waals surface area contributed by atoms with Gasteiger partial charge in [-0.25, -0.2) is 17.6 Å². The highest BCUT2D eigenvalue weighted by molar-refractivity contribution is 7.89. The van der Waals surface area contributed by atoms with Crippen molar-refractivity contribution in [3.05, 3.63) is 54.3 Å². The van der Waals surface area contributed by atoms with Crippen LogP contribution in [0.2, 0.25) is 0 Å². The van der Waals surface area contributed by atoms with E-state index >= 15 is 0 Å². The highest BCUT2D eigenvalue weighted by Crippen LogP contribution is 2.21. The van der Waals surface area contributed by atoms with E-state index in [0.29, 0.717) is 11.4 Å². The Morgan fingerprint density at radius 2 is 1.59 bits per heavy atom. The maximum atomic E-state index is 12.9. The second kappa shape index (κ2) is 7.93.